The molecule has 1 N–H and O–H groups in total. The zero-order valence-electron chi connectivity index (χ0n) is 9.89. The summed E-state index contributed by atoms with van der Waals surface area (Å²) in [6.07, 6.45) is 6.66. The van der Waals surface area contributed by atoms with Crippen LogP contribution in [0.4, 0.5) is 0 Å². The Hall–Kier alpha value is -0.0800. The molecule has 0 aromatic rings. The number of rotatable bonds is 6. The Morgan fingerprint density at radius 1 is 1.14 bits per heavy atom. The third-order valence-electron chi connectivity index (χ3n) is 3.10. The lowest BCUT2D eigenvalue weighted by molar-refractivity contribution is 0.196. The highest BCUT2D eigenvalue weighted by molar-refractivity contribution is 4.76. The van der Waals surface area contributed by atoms with E-state index in [0.717, 1.165) is 6.04 Å². The third kappa shape index (κ3) is 4.43. The van der Waals surface area contributed by atoms with Crippen molar-refractivity contribution in [3.05, 3.63) is 0 Å². The Balaban J connectivity index is 2.05. The fourth-order valence-electron chi connectivity index (χ4n) is 2.09. The highest BCUT2D eigenvalue weighted by Gasteiger charge is 2.17. The second-order valence-corrected chi connectivity index (χ2v) is 4.42. The average molecular weight is 198 g/mol. The molecule has 0 aromatic carbocycles. The monoisotopic (exact) mass is 198 g/mol. The van der Waals surface area contributed by atoms with Gasteiger partial charge in [0.1, 0.15) is 0 Å². The smallest absolute Gasteiger partial charge is 0.00914 e. The summed E-state index contributed by atoms with van der Waals surface area (Å²) in [4.78, 5) is 2.62. The van der Waals surface area contributed by atoms with Crippen molar-refractivity contribution in [2.75, 3.05) is 26.2 Å². The van der Waals surface area contributed by atoms with E-state index in [4.69, 9.17) is 0 Å². The predicted molar refractivity (Wildman–Crippen MR) is 62.7 cm³/mol. The molecule has 2 nitrogen and oxygen atoms in total. The molecule has 0 aliphatic carbocycles. The van der Waals surface area contributed by atoms with E-state index >= 15 is 0 Å². The van der Waals surface area contributed by atoms with Crippen molar-refractivity contribution in [3.63, 3.8) is 0 Å². The average Bonchev–Trinajstić information content (AvgIpc) is 2.25. The number of piperidine rings is 1. The molecule has 0 bridgehead atoms. The van der Waals surface area contributed by atoms with Crippen molar-refractivity contribution in [1.29, 1.82) is 0 Å². The molecule has 0 unspecified atom stereocenters. The zero-order chi connectivity index (χ0) is 10.2. The van der Waals surface area contributed by atoms with Gasteiger partial charge in [-0.2, -0.15) is 0 Å². The molecule has 1 fully saturated rings. The molecule has 0 spiro atoms. The standard InChI is InChI=1S/C12H26N2/c1-3-5-9-14-10-6-12(7-11-14)13-8-4-2/h12-13H,3-11H2,1-2H3. The Labute approximate surface area is 89.1 Å². The van der Waals surface area contributed by atoms with Gasteiger partial charge in [0.05, 0.1) is 0 Å². The molecule has 1 saturated heterocycles. The maximum atomic E-state index is 3.62. The van der Waals surface area contributed by atoms with Crippen LogP contribution in [0.25, 0.3) is 0 Å². The topological polar surface area (TPSA) is 15.3 Å². The van der Waals surface area contributed by atoms with Gasteiger partial charge in [0.2, 0.25) is 0 Å². The van der Waals surface area contributed by atoms with Gasteiger partial charge in [-0.3, -0.25) is 0 Å². The Morgan fingerprint density at radius 3 is 2.43 bits per heavy atom. The summed E-state index contributed by atoms with van der Waals surface area (Å²) >= 11 is 0. The van der Waals surface area contributed by atoms with Gasteiger partial charge in [-0.05, 0) is 51.9 Å². The number of hydrogen-bond acceptors (Lipinski definition) is 2. The Kier molecular flexibility index (Phi) is 6.20. The molecular formula is C12H26N2. The van der Waals surface area contributed by atoms with E-state index < -0.39 is 0 Å². The Bertz CT molecular complexity index is 112. The number of nitrogens with one attached hydrogen (secondary N) is 1. The van der Waals surface area contributed by atoms with Crippen LogP contribution in [-0.2, 0) is 0 Å². The lowest BCUT2D eigenvalue weighted by Gasteiger charge is -2.32. The van der Waals surface area contributed by atoms with Crippen LogP contribution in [0.3, 0.4) is 0 Å². The minimum absolute atomic E-state index is 0.799. The molecule has 0 amide bonds. The van der Waals surface area contributed by atoms with Crippen molar-refractivity contribution < 1.29 is 0 Å². The van der Waals surface area contributed by atoms with Crippen LogP contribution in [0, 0.1) is 0 Å². The van der Waals surface area contributed by atoms with Gasteiger partial charge in [0.15, 0.2) is 0 Å². The van der Waals surface area contributed by atoms with E-state index in [0.29, 0.717) is 0 Å². The van der Waals surface area contributed by atoms with Crippen LogP contribution >= 0.6 is 0 Å². The van der Waals surface area contributed by atoms with Crippen LogP contribution in [0.2, 0.25) is 0 Å². The largest absolute Gasteiger partial charge is 0.314 e. The van der Waals surface area contributed by atoms with Crippen LogP contribution in [0.5, 0.6) is 0 Å². The SMILES string of the molecule is CCCCN1CCC(NCCC)CC1. The minimum atomic E-state index is 0.799. The van der Waals surface area contributed by atoms with E-state index in [9.17, 15) is 0 Å². The molecule has 1 aliphatic rings. The van der Waals surface area contributed by atoms with Crippen molar-refractivity contribution in [1.82, 2.24) is 10.2 Å². The van der Waals surface area contributed by atoms with Crippen LogP contribution in [0.15, 0.2) is 0 Å². The molecule has 2 heteroatoms. The van der Waals surface area contributed by atoms with Crippen molar-refractivity contribution in [2.24, 2.45) is 0 Å². The fourth-order valence-corrected chi connectivity index (χ4v) is 2.09. The van der Waals surface area contributed by atoms with E-state index in [1.807, 2.05) is 0 Å². The fraction of sp³-hybridized carbons (Fsp3) is 1.00. The number of unbranched alkanes of at least 4 members (excludes halogenated alkanes) is 1. The quantitative estimate of drug-likeness (QED) is 0.704. The van der Waals surface area contributed by atoms with Crippen LogP contribution in [0.1, 0.15) is 46.0 Å². The molecule has 0 aromatic heterocycles. The van der Waals surface area contributed by atoms with E-state index in [1.165, 1.54) is 58.3 Å². The summed E-state index contributed by atoms with van der Waals surface area (Å²) in [6.45, 7) is 9.64. The van der Waals surface area contributed by atoms with Gasteiger partial charge < -0.3 is 10.2 Å². The van der Waals surface area contributed by atoms with E-state index in [2.05, 4.69) is 24.1 Å². The highest BCUT2D eigenvalue weighted by atomic mass is 15.1. The van der Waals surface area contributed by atoms with Crippen molar-refractivity contribution in [2.45, 2.75) is 52.0 Å². The zero-order valence-corrected chi connectivity index (χ0v) is 9.89. The second kappa shape index (κ2) is 7.24. The summed E-state index contributed by atoms with van der Waals surface area (Å²) in [5.74, 6) is 0. The second-order valence-electron chi connectivity index (χ2n) is 4.42. The molecular weight excluding hydrogens is 172 g/mol. The summed E-state index contributed by atoms with van der Waals surface area (Å²) in [5, 5.41) is 3.62. The van der Waals surface area contributed by atoms with Gasteiger partial charge >= 0.3 is 0 Å². The molecule has 0 atom stereocenters. The molecule has 1 rings (SSSR count). The minimum Gasteiger partial charge on any atom is -0.314 e. The maximum absolute atomic E-state index is 3.62. The molecule has 0 radical (unpaired) electrons. The lowest BCUT2D eigenvalue weighted by Crippen LogP contribution is -2.42. The van der Waals surface area contributed by atoms with Gasteiger partial charge in [-0.15, -0.1) is 0 Å². The lowest BCUT2D eigenvalue weighted by atomic mass is 10.0. The molecule has 1 heterocycles. The summed E-state index contributed by atoms with van der Waals surface area (Å²) in [7, 11) is 0. The van der Waals surface area contributed by atoms with E-state index in [1.54, 1.807) is 0 Å². The summed E-state index contributed by atoms with van der Waals surface area (Å²) in [5.41, 5.74) is 0. The van der Waals surface area contributed by atoms with E-state index in [-0.39, 0.29) is 0 Å². The van der Waals surface area contributed by atoms with Gasteiger partial charge in [-0.25, -0.2) is 0 Å². The summed E-state index contributed by atoms with van der Waals surface area (Å²) < 4.78 is 0. The number of nitrogens with zero attached hydrogens (tertiary/aromatic N) is 1. The predicted octanol–water partition coefficient (Wildman–Crippen LogP) is 2.25. The maximum Gasteiger partial charge on any atom is 0.00914 e. The first-order valence-corrected chi connectivity index (χ1v) is 6.32. The highest BCUT2D eigenvalue weighted by Crippen LogP contribution is 2.10. The van der Waals surface area contributed by atoms with Crippen molar-refractivity contribution in [3.8, 4) is 0 Å². The molecule has 0 saturated carbocycles. The van der Waals surface area contributed by atoms with Gasteiger partial charge in [-0.1, -0.05) is 20.3 Å². The molecule has 14 heavy (non-hydrogen) atoms. The first-order chi connectivity index (χ1) is 6.86. The Morgan fingerprint density at radius 2 is 1.86 bits per heavy atom. The van der Waals surface area contributed by atoms with Crippen LogP contribution in [-0.4, -0.2) is 37.1 Å². The normalized spacial score (nSPS) is 20.1. The van der Waals surface area contributed by atoms with Gasteiger partial charge in [0, 0.05) is 6.04 Å². The summed E-state index contributed by atoms with van der Waals surface area (Å²) in [6, 6.07) is 0.799. The first kappa shape index (κ1) is 12.0. The number of hydrogen-bond donors (Lipinski definition) is 1. The third-order valence-corrected chi connectivity index (χ3v) is 3.10. The van der Waals surface area contributed by atoms with Crippen molar-refractivity contribution >= 4 is 0 Å². The van der Waals surface area contributed by atoms with Gasteiger partial charge in [0.25, 0.3) is 0 Å². The van der Waals surface area contributed by atoms with Crippen LogP contribution < -0.4 is 5.32 Å². The first-order valence-electron chi connectivity index (χ1n) is 6.32. The number of likely N-dealkylation sites (tertiary alicyclic amines) is 1. The molecule has 84 valence electrons. The molecule has 1 aliphatic heterocycles.